The monoisotopic (exact) mass is 326 g/mol. The van der Waals surface area contributed by atoms with Gasteiger partial charge >= 0.3 is 0 Å². The number of aromatic nitrogens is 1. The number of rotatable bonds is 5. The number of hydrogen-bond donors (Lipinski definition) is 0. The van der Waals surface area contributed by atoms with Gasteiger partial charge in [0, 0.05) is 44.4 Å². The Bertz CT molecular complexity index is 641. The smallest absolute Gasteiger partial charge is 0.217 e. The Hall–Kier alpha value is -1.18. The molecule has 0 radical (unpaired) electrons. The molecule has 2 fully saturated rings. The van der Waals surface area contributed by atoms with Crippen LogP contribution in [0.1, 0.15) is 12.0 Å². The highest BCUT2D eigenvalue weighted by Gasteiger charge is 2.61. The van der Waals surface area contributed by atoms with Crippen LogP contribution in [0.3, 0.4) is 0 Å². The minimum atomic E-state index is -3.03. The van der Waals surface area contributed by atoms with Gasteiger partial charge in [-0.05, 0) is 12.5 Å². The first-order chi connectivity index (χ1) is 10.5. The maximum Gasteiger partial charge on any atom is 0.217 e. The van der Waals surface area contributed by atoms with E-state index in [9.17, 15) is 8.42 Å². The maximum atomic E-state index is 12.5. The van der Waals surface area contributed by atoms with E-state index >= 15 is 0 Å². The van der Waals surface area contributed by atoms with Crippen molar-refractivity contribution >= 4 is 9.84 Å². The first-order valence-corrected chi connectivity index (χ1v) is 9.09. The highest BCUT2D eigenvalue weighted by atomic mass is 32.2. The predicted octanol–water partition coefficient (Wildman–Crippen LogP) is 0.726. The molecule has 2 aliphatic rings. The van der Waals surface area contributed by atoms with E-state index in [0.29, 0.717) is 38.5 Å². The molecule has 0 bridgehead atoms. The Morgan fingerprint density at radius 1 is 1.41 bits per heavy atom. The van der Waals surface area contributed by atoms with Crippen molar-refractivity contribution < 1.29 is 17.9 Å². The molecular weight excluding hydrogens is 304 g/mol. The molecule has 1 atom stereocenters. The van der Waals surface area contributed by atoms with E-state index in [0.717, 1.165) is 5.56 Å². The quantitative estimate of drug-likeness (QED) is 0.794. The predicted molar refractivity (Wildman–Crippen MR) is 82.6 cm³/mol. The van der Waals surface area contributed by atoms with Gasteiger partial charge in [-0.1, -0.05) is 6.07 Å². The molecule has 0 aromatic carbocycles. The summed E-state index contributed by atoms with van der Waals surface area (Å²) < 4.78 is 34.8. The van der Waals surface area contributed by atoms with Gasteiger partial charge < -0.3 is 9.47 Å². The highest BCUT2D eigenvalue weighted by Crippen LogP contribution is 2.45. The maximum absolute atomic E-state index is 12.5. The summed E-state index contributed by atoms with van der Waals surface area (Å²) in [7, 11) is 0.201. The Morgan fingerprint density at radius 3 is 2.86 bits per heavy atom. The molecule has 122 valence electrons. The molecule has 0 unspecified atom stereocenters. The molecule has 3 heterocycles. The first-order valence-electron chi connectivity index (χ1n) is 7.44. The third-order valence-electron chi connectivity index (χ3n) is 4.89. The number of likely N-dealkylation sites (tertiary alicyclic amines) is 1. The lowest BCUT2D eigenvalue weighted by molar-refractivity contribution is 0.0406. The summed E-state index contributed by atoms with van der Waals surface area (Å²) in [5, 5.41) is 0. The SMILES string of the molecule is COC[C@H]1CCS(=O)(=O)C12CN(Cc1cccnc1OC)C2. The summed E-state index contributed by atoms with van der Waals surface area (Å²) in [6, 6.07) is 3.83. The number of nitrogens with zero attached hydrogens (tertiary/aromatic N) is 2. The number of hydrogen-bond acceptors (Lipinski definition) is 6. The standard InChI is InChI=1S/C15H22N2O4S/c1-20-9-13-5-7-22(18,19)15(13)10-17(11-15)8-12-4-3-6-16-14(12)21-2/h3-4,6,13H,5,7-11H2,1-2H3/t13-/m1/s1. The Morgan fingerprint density at radius 2 is 2.18 bits per heavy atom. The van der Waals surface area contributed by atoms with E-state index in [4.69, 9.17) is 9.47 Å². The van der Waals surface area contributed by atoms with E-state index in [1.807, 2.05) is 12.1 Å². The van der Waals surface area contributed by atoms with E-state index in [1.54, 1.807) is 20.4 Å². The zero-order valence-corrected chi connectivity index (χ0v) is 13.8. The average molecular weight is 326 g/mol. The fraction of sp³-hybridized carbons (Fsp3) is 0.667. The summed E-state index contributed by atoms with van der Waals surface area (Å²) in [6.07, 6.45) is 2.40. The van der Waals surface area contributed by atoms with Crippen molar-refractivity contribution in [2.75, 3.05) is 39.7 Å². The lowest BCUT2D eigenvalue weighted by Gasteiger charge is -2.50. The van der Waals surface area contributed by atoms with Crippen molar-refractivity contribution in [2.24, 2.45) is 5.92 Å². The highest BCUT2D eigenvalue weighted by molar-refractivity contribution is 7.93. The van der Waals surface area contributed by atoms with Crippen molar-refractivity contribution in [3.05, 3.63) is 23.9 Å². The average Bonchev–Trinajstić information content (AvgIpc) is 2.72. The zero-order valence-electron chi connectivity index (χ0n) is 13.0. The van der Waals surface area contributed by atoms with Gasteiger partial charge in [-0.2, -0.15) is 0 Å². The summed E-state index contributed by atoms with van der Waals surface area (Å²) >= 11 is 0. The van der Waals surface area contributed by atoms with Gasteiger partial charge in [0.1, 0.15) is 4.75 Å². The third-order valence-corrected chi connectivity index (χ3v) is 7.49. The molecule has 1 aromatic heterocycles. The van der Waals surface area contributed by atoms with Crippen molar-refractivity contribution in [3.63, 3.8) is 0 Å². The molecule has 0 saturated carbocycles. The van der Waals surface area contributed by atoms with E-state index in [2.05, 4.69) is 9.88 Å². The molecule has 22 heavy (non-hydrogen) atoms. The fourth-order valence-electron chi connectivity index (χ4n) is 3.70. The van der Waals surface area contributed by atoms with Crippen LogP contribution in [0.4, 0.5) is 0 Å². The first kappa shape index (κ1) is 15.7. The van der Waals surface area contributed by atoms with Crippen LogP contribution in [0.15, 0.2) is 18.3 Å². The summed E-state index contributed by atoms with van der Waals surface area (Å²) in [4.78, 5) is 6.33. The number of pyridine rings is 1. The third kappa shape index (κ3) is 2.41. The van der Waals surface area contributed by atoms with Crippen LogP contribution in [0.5, 0.6) is 5.88 Å². The normalized spacial score (nSPS) is 26.0. The summed E-state index contributed by atoms with van der Waals surface area (Å²) in [5.74, 6) is 0.992. The molecule has 1 spiro atoms. The van der Waals surface area contributed by atoms with Gasteiger partial charge in [0.15, 0.2) is 9.84 Å². The van der Waals surface area contributed by atoms with Crippen LogP contribution in [0, 0.1) is 5.92 Å². The van der Waals surface area contributed by atoms with Crippen LogP contribution >= 0.6 is 0 Å². The Kier molecular flexibility index (Phi) is 4.13. The van der Waals surface area contributed by atoms with Crippen LogP contribution in [0.25, 0.3) is 0 Å². The van der Waals surface area contributed by atoms with Crippen LogP contribution in [-0.4, -0.2) is 62.7 Å². The second-order valence-electron chi connectivity index (χ2n) is 6.14. The van der Waals surface area contributed by atoms with Gasteiger partial charge in [-0.15, -0.1) is 0 Å². The van der Waals surface area contributed by atoms with Crippen molar-refractivity contribution in [3.8, 4) is 5.88 Å². The van der Waals surface area contributed by atoms with Gasteiger partial charge in [0.25, 0.3) is 0 Å². The van der Waals surface area contributed by atoms with Crippen LogP contribution in [-0.2, 0) is 21.1 Å². The van der Waals surface area contributed by atoms with Gasteiger partial charge in [0.2, 0.25) is 5.88 Å². The van der Waals surface area contributed by atoms with Crippen molar-refractivity contribution in [1.29, 1.82) is 0 Å². The van der Waals surface area contributed by atoms with Crippen LogP contribution < -0.4 is 4.74 Å². The molecular formula is C15H22N2O4S. The molecule has 2 aliphatic heterocycles. The molecule has 0 N–H and O–H groups in total. The largest absolute Gasteiger partial charge is 0.481 e. The molecule has 2 saturated heterocycles. The van der Waals surface area contributed by atoms with Crippen molar-refractivity contribution in [1.82, 2.24) is 9.88 Å². The second-order valence-corrected chi connectivity index (χ2v) is 8.59. The zero-order chi connectivity index (χ0) is 15.8. The minimum absolute atomic E-state index is 0.106. The lowest BCUT2D eigenvalue weighted by atomic mass is 9.83. The lowest BCUT2D eigenvalue weighted by Crippen LogP contribution is -2.67. The Labute approximate surface area is 131 Å². The van der Waals surface area contributed by atoms with E-state index < -0.39 is 14.6 Å². The molecule has 0 aliphatic carbocycles. The number of methoxy groups -OCH3 is 2. The second kappa shape index (κ2) is 5.79. The van der Waals surface area contributed by atoms with E-state index in [1.165, 1.54) is 0 Å². The van der Waals surface area contributed by atoms with Crippen molar-refractivity contribution in [2.45, 2.75) is 17.7 Å². The van der Waals surface area contributed by atoms with Gasteiger partial charge in [0.05, 0.1) is 19.5 Å². The number of sulfone groups is 1. The molecule has 6 nitrogen and oxygen atoms in total. The van der Waals surface area contributed by atoms with Gasteiger partial charge in [-0.25, -0.2) is 13.4 Å². The molecule has 0 amide bonds. The van der Waals surface area contributed by atoms with E-state index in [-0.39, 0.29) is 11.7 Å². The molecule has 7 heteroatoms. The Balaban J connectivity index is 1.72. The summed E-state index contributed by atoms with van der Waals surface area (Å²) in [6.45, 7) is 2.32. The number of ether oxygens (including phenoxy) is 2. The molecule has 3 rings (SSSR count). The summed E-state index contributed by atoms with van der Waals surface area (Å²) in [5.41, 5.74) is 0.985. The minimum Gasteiger partial charge on any atom is -0.481 e. The molecule has 1 aromatic rings. The van der Waals surface area contributed by atoms with Crippen LogP contribution in [0.2, 0.25) is 0 Å². The topological polar surface area (TPSA) is 68.7 Å². The fourth-order valence-corrected chi connectivity index (χ4v) is 6.15. The van der Waals surface area contributed by atoms with Gasteiger partial charge in [-0.3, -0.25) is 4.90 Å².